The molecule has 0 atom stereocenters. The zero-order valence-electron chi connectivity index (χ0n) is 9.14. The Balaban J connectivity index is 5.43. The molecule has 0 aliphatic rings. The molecule has 0 aromatic carbocycles. The van der Waals surface area contributed by atoms with E-state index in [-0.39, 0.29) is 0 Å². The quantitative estimate of drug-likeness (QED) is 0.407. The number of aliphatic imine (C=N–C) groups is 1. The lowest BCUT2D eigenvalue weighted by Crippen LogP contribution is -2.16. The van der Waals surface area contributed by atoms with E-state index in [0.717, 1.165) is 5.57 Å². The first kappa shape index (κ1) is 13.6. The van der Waals surface area contributed by atoms with E-state index in [4.69, 9.17) is 0 Å². The first-order chi connectivity index (χ1) is 7.04. The third-order valence-corrected chi connectivity index (χ3v) is 1.74. The molecule has 0 saturated heterocycles. The molecule has 0 aromatic heterocycles. The van der Waals surface area contributed by atoms with E-state index in [2.05, 4.69) is 18.3 Å². The Morgan fingerprint density at radius 1 is 1.33 bits per heavy atom. The van der Waals surface area contributed by atoms with E-state index in [1.807, 2.05) is 0 Å². The second-order valence-electron chi connectivity index (χ2n) is 3.02. The monoisotopic (exact) mass is 205 g/mol. The van der Waals surface area contributed by atoms with Crippen LogP contribution in [0.5, 0.6) is 0 Å². The van der Waals surface area contributed by atoms with Gasteiger partial charge >= 0.3 is 7.12 Å². The molecule has 0 aliphatic heterocycles. The average molecular weight is 205 g/mol. The summed E-state index contributed by atoms with van der Waals surface area (Å²) >= 11 is 0. The Kier molecular flexibility index (Phi) is 6.34. The second-order valence-corrected chi connectivity index (χ2v) is 3.02. The van der Waals surface area contributed by atoms with Crippen molar-refractivity contribution in [2.24, 2.45) is 4.99 Å². The fraction of sp³-hybridized carbons (Fsp3) is 0.182. The lowest BCUT2D eigenvalue weighted by Gasteiger charge is -2.07. The minimum absolute atomic E-state index is 0.393. The van der Waals surface area contributed by atoms with Crippen LogP contribution in [-0.2, 0) is 0 Å². The van der Waals surface area contributed by atoms with Gasteiger partial charge in [0, 0.05) is 6.20 Å². The van der Waals surface area contributed by atoms with Gasteiger partial charge in [0.05, 0.1) is 0 Å². The van der Waals surface area contributed by atoms with Gasteiger partial charge in [-0.05, 0) is 37.7 Å². The highest BCUT2D eigenvalue weighted by Gasteiger charge is 2.15. The predicted octanol–water partition coefficient (Wildman–Crippen LogP) is 1.66. The molecule has 0 aromatic rings. The first-order valence-electron chi connectivity index (χ1n) is 4.55. The molecular formula is C11H16BNO2. The summed E-state index contributed by atoms with van der Waals surface area (Å²) in [6, 6.07) is 0. The second kappa shape index (κ2) is 6.98. The summed E-state index contributed by atoms with van der Waals surface area (Å²) in [7, 11) is -1.53. The summed E-state index contributed by atoms with van der Waals surface area (Å²) in [5, 5.41) is 18.4. The summed E-state index contributed by atoms with van der Waals surface area (Å²) in [5.41, 5.74) is 1.77. The molecule has 0 saturated carbocycles. The zero-order chi connectivity index (χ0) is 11.8. The molecule has 3 nitrogen and oxygen atoms in total. The van der Waals surface area contributed by atoms with E-state index in [0.29, 0.717) is 11.0 Å². The maximum Gasteiger partial charge on any atom is 0.489 e. The summed E-state index contributed by atoms with van der Waals surface area (Å²) in [5.74, 6) is 0. The van der Waals surface area contributed by atoms with E-state index in [1.54, 1.807) is 32.1 Å². The Bertz CT molecular complexity index is 327. The molecule has 0 unspecified atom stereocenters. The normalized spacial score (nSPS) is 13.1. The maximum atomic E-state index is 9.19. The van der Waals surface area contributed by atoms with Gasteiger partial charge in [-0.25, -0.2) is 0 Å². The van der Waals surface area contributed by atoms with Gasteiger partial charge in [0.2, 0.25) is 0 Å². The van der Waals surface area contributed by atoms with Crippen LogP contribution in [0.25, 0.3) is 0 Å². The van der Waals surface area contributed by atoms with Crippen LogP contribution in [-0.4, -0.2) is 23.9 Å². The number of nitrogens with zero attached hydrogens (tertiary/aromatic N) is 1. The molecule has 0 bridgehead atoms. The van der Waals surface area contributed by atoms with Crippen molar-refractivity contribution in [3.05, 3.63) is 47.6 Å². The van der Waals surface area contributed by atoms with E-state index < -0.39 is 7.12 Å². The number of rotatable bonds is 5. The van der Waals surface area contributed by atoms with Crippen molar-refractivity contribution in [2.45, 2.75) is 13.8 Å². The lowest BCUT2D eigenvalue weighted by molar-refractivity contribution is 0.420. The molecule has 15 heavy (non-hydrogen) atoms. The highest BCUT2D eigenvalue weighted by molar-refractivity contribution is 6.52. The van der Waals surface area contributed by atoms with Gasteiger partial charge in [0.25, 0.3) is 0 Å². The summed E-state index contributed by atoms with van der Waals surface area (Å²) in [6.45, 7) is 10.7. The number of allylic oxidation sites excluding steroid dienone is 6. The minimum atomic E-state index is -1.53. The van der Waals surface area contributed by atoms with Gasteiger partial charge in [0.1, 0.15) is 0 Å². The lowest BCUT2D eigenvalue weighted by atomic mass is 9.74. The molecule has 0 aliphatic carbocycles. The van der Waals surface area contributed by atoms with E-state index in [1.165, 1.54) is 6.20 Å². The highest BCUT2D eigenvalue weighted by Crippen LogP contribution is 2.17. The van der Waals surface area contributed by atoms with Crippen LogP contribution in [0.2, 0.25) is 0 Å². The maximum absolute atomic E-state index is 9.19. The summed E-state index contributed by atoms with van der Waals surface area (Å²) in [6.07, 6.45) is 6.48. The fourth-order valence-electron chi connectivity index (χ4n) is 1.11. The van der Waals surface area contributed by atoms with Crippen molar-refractivity contribution in [1.82, 2.24) is 0 Å². The largest absolute Gasteiger partial charge is 0.489 e. The SMILES string of the molecule is C=N\C=C/C(C(=C)C)=C(/C=C\C)B(O)O. The van der Waals surface area contributed by atoms with Crippen LogP contribution in [0.3, 0.4) is 0 Å². The van der Waals surface area contributed by atoms with Gasteiger partial charge in [-0.1, -0.05) is 24.3 Å². The highest BCUT2D eigenvalue weighted by atomic mass is 16.4. The Hall–Kier alpha value is -1.39. The third kappa shape index (κ3) is 4.58. The van der Waals surface area contributed by atoms with Crippen LogP contribution in [0.15, 0.2) is 52.6 Å². The zero-order valence-corrected chi connectivity index (χ0v) is 9.14. The molecule has 0 amide bonds. The van der Waals surface area contributed by atoms with E-state index >= 15 is 0 Å². The standard InChI is InChI=1S/C11H16BNO2/c1-5-6-11(12(14)15)10(9(2)3)7-8-13-4/h5-8,14-15H,2,4H2,1,3H3/b6-5-,8-7-,11-10+. The van der Waals surface area contributed by atoms with Crippen molar-refractivity contribution < 1.29 is 10.0 Å². The van der Waals surface area contributed by atoms with Gasteiger partial charge < -0.3 is 10.0 Å². The Morgan fingerprint density at radius 2 is 1.93 bits per heavy atom. The van der Waals surface area contributed by atoms with Crippen molar-refractivity contribution in [1.29, 1.82) is 0 Å². The van der Waals surface area contributed by atoms with Crippen LogP contribution >= 0.6 is 0 Å². The fourth-order valence-corrected chi connectivity index (χ4v) is 1.11. The number of hydrogen-bond acceptors (Lipinski definition) is 3. The molecule has 0 fully saturated rings. The van der Waals surface area contributed by atoms with Crippen molar-refractivity contribution in [2.75, 3.05) is 0 Å². The summed E-state index contributed by atoms with van der Waals surface area (Å²) < 4.78 is 0. The van der Waals surface area contributed by atoms with Crippen molar-refractivity contribution in [3.8, 4) is 0 Å². The molecule has 0 rings (SSSR count). The van der Waals surface area contributed by atoms with Crippen LogP contribution in [0.1, 0.15) is 13.8 Å². The van der Waals surface area contributed by atoms with Gasteiger partial charge in [-0.15, -0.1) is 0 Å². The molecule has 80 valence electrons. The van der Waals surface area contributed by atoms with Gasteiger partial charge in [-0.3, -0.25) is 4.99 Å². The average Bonchev–Trinajstić information content (AvgIpc) is 2.16. The first-order valence-corrected chi connectivity index (χ1v) is 4.55. The smallest absolute Gasteiger partial charge is 0.423 e. The van der Waals surface area contributed by atoms with Gasteiger partial charge in [-0.2, -0.15) is 0 Å². The van der Waals surface area contributed by atoms with Crippen LogP contribution < -0.4 is 0 Å². The topological polar surface area (TPSA) is 52.8 Å². The molecule has 0 radical (unpaired) electrons. The predicted molar refractivity (Wildman–Crippen MR) is 65.5 cm³/mol. The van der Waals surface area contributed by atoms with Gasteiger partial charge in [0.15, 0.2) is 0 Å². The van der Waals surface area contributed by atoms with Crippen LogP contribution in [0, 0.1) is 0 Å². The molecule has 0 heterocycles. The Labute approximate surface area is 91.0 Å². The van der Waals surface area contributed by atoms with Crippen molar-refractivity contribution >= 4 is 13.8 Å². The summed E-state index contributed by atoms with van der Waals surface area (Å²) in [4.78, 5) is 3.57. The minimum Gasteiger partial charge on any atom is -0.423 e. The molecule has 2 N–H and O–H groups in total. The molecular weight excluding hydrogens is 189 g/mol. The van der Waals surface area contributed by atoms with Crippen LogP contribution in [0.4, 0.5) is 0 Å². The van der Waals surface area contributed by atoms with Crippen molar-refractivity contribution in [3.63, 3.8) is 0 Å². The third-order valence-electron chi connectivity index (χ3n) is 1.74. The molecule has 0 spiro atoms. The molecule has 4 heteroatoms. The number of hydrogen-bond donors (Lipinski definition) is 2. The van der Waals surface area contributed by atoms with E-state index in [9.17, 15) is 10.0 Å². The Morgan fingerprint density at radius 3 is 2.27 bits per heavy atom.